The van der Waals surface area contributed by atoms with Gasteiger partial charge >= 0.3 is 13.7 Å². The van der Waals surface area contributed by atoms with Crippen LogP contribution >= 0.6 is 7.75 Å². The lowest BCUT2D eigenvalue weighted by Gasteiger charge is -2.22. The Morgan fingerprint density at radius 2 is 2.02 bits per heavy atom. The van der Waals surface area contributed by atoms with Gasteiger partial charge in [-0.3, -0.25) is 13.9 Å². The van der Waals surface area contributed by atoms with Gasteiger partial charge in [-0.2, -0.15) is 9.97 Å². The quantitative estimate of drug-likeness (QED) is 0.195. The monoisotopic (exact) mass is 590 g/mol. The van der Waals surface area contributed by atoms with Gasteiger partial charge < -0.3 is 29.6 Å². The molecule has 4 atom stereocenters. The number of carbonyl (C=O) groups is 1. The van der Waals surface area contributed by atoms with Crippen LogP contribution in [0.5, 0.6) is 11.6 Å². The molecule has 0 bridgehead atoms. The number of benzene rings is 1. The van der Waals surface area contributed by atoms with Gasteiger partial charge in [0.15, 0.2) is 11.2 Å². The number of aromatic nitrogens is 4. The summed E-state index contributed by atoms with van der Waals surface area (Å²) in [6.45, 7) is -0.516. The summed E-state index contributed by atoms with van der Waals surface area (Å²) < 4.78 is 44.1. The number of nitrogen functional groups attached to an aromatic ring is 1. The van der Waals surface area contributed by atoms with Crippen molar-refractivity contribution in [3.63, 3.8) is 0 Å². The maximum absolute atomic E-state index is 13.8. The molecule has 14 nitrogen and oxygen atoms in total. The fraction of sp³-hybridized carbons (Fsp3) is 0.538. The van der Waals surface area contributed by atoms with E-state index in [9.17, 15) is 14.5 Å². The molecule has 3 heterocycles. The van der Waals surface area contributed by atoms with Crippen molar-refractivity contribution < 1.29 is 37.7 Å². The summed E-state index contributed by atoms with van der Waals surface area (Å²) in [5.74, 6) is -0.103. The Bertz CT molecular complexity index is 1370. The molecule has 15 heteroatoms. The number of anilines is 1. The SMILES string of the molecule is COc1nc(N)nc2c1ncn2C1OC(COP(=O)(NCC(=O)OC2CCCC2)Oc2ccccc2)CC1CCO. The van der Waals surface area contributed by atoms with Crippen LogP contribution in [0.2, 0.25) is 0 Å². The number of nitrogens with zero attached hydrogens (tertiary/aromatic N) is 4. The Labute approximate surface area is 237 Å². The van der Waals surface area contributed by atoms with Crippen molar-refractivity contribution in [2.24, 2.45) is 5.92 Å². The molecule has 0 spiro atoms. The Morgan fingerprint density at radius 1 is 1.24 bits per heavy atom. The Kier molecular flexibility index (Phi) is 9.35. The third kappa shape index (κ3) is 7.14. The van der Waals surface area contributed by atoms with E-state index in [1.165, 1.54) is 7.11 Å². The van der Waals surface area contributed by atoms with Crippen LogP contribution < -0.4 is 20.1 Å². The van der Waals surface area contributed by atoms with Crippen LogP contribution in [-0.2, 0) is 23.4 Å². The molecule has 0 radical (unpaired) electrons. The van der Waals surface area contributed by atoms with Gasteiger partial charge in [-0.1, -0.05) is 18.2 Å². The van der Waals surface area contributed by atoms with Crippen LogP contribution in [0, 0.1) is 5.92 Å². The number of fused-ring (bicyclic) bond motifs is 1. The van der Waals surface area contributed by atoms with Gasteiger partial charge in [0.05, 0.1) is 26.1 Å². The van der Waals surface area contributed by atoms with E-state index < -0.39 is 26.0 Å². The zero-order chi connectivity index (χ0) is 28.8. The molecule has 1 aliphatic heterocycles. The lowest BCUT2D eigenvalue weighted by Crippen LogP contribution is -2.29. The topological polar surface area (TPSA) is 182 Å². The number of aliphatic hydroxyl groups excluding tert-OH is 1. The predicted octanol–water partition coefficient (Wildman–Crippen LogP) is 2.98. The molecule has 5 rings (SSSR count). The lowest BCUT2D eigenvalue weighted by molar-refractivity contribution is -0.147. The highest BCUT2D eigenvalue weighted by Gasteiger charge is 2.39. The minimum Gasteiger partial charge on any atom is -0.479 e. The first-order valence-electron chi connectivity index (χ1n) is 13.6. The maximum atomic E-state index is 13.8. The highest BCUT2D eigenvalue weighted by Crippen LogP contribution is 2.46. The number of methoxy groups -OCH3 is 1. The fourth-order valence-corrected chi connectivity index (χ4v) is 6.47. The summed E-state index contributed by atoms with van der Waals surface area (Å²) in [5, 5.41) is 12.4. The molecule has 2 aromatic heterocycles. The number of aliphatic hydroxyl groups is 1. The average molecular weight is 591 g/mol. The third-order valence-electron chi connectivity index (χ3n) is 7.09. The third-order valence-corrected chi connectivity index (χ3v) is 8.58. The van der Waals surface area contributed by atoms with Crippen molar-refractivity contribution in [2.45, 2.75) is 57.0 Å². The van der Waals surface area contributed by atoms with Crippen LogP contribution in [0.15, 0.2) is 36.7 Å². The first-order chi connectivity index (χ1) is 19.9. The summed E-state index contributed by atoms with van der Waals surface area (Å²) in [5.41, 5.74) is 6.71. The molecule has 2 aliphatic rings. The van der Waals surface area contributed by atoms with Crippen LogP contribution in [0.25, 0.3) is 11.2 Å². The van der Waals surface area contributed by atoms with E-state index in [0.29, 0.717) is 29.8 Å². The Balaban J connectivity index is 1.29. The largest absolute Gasteiger partial charge is 0.479 e. The highest BCUT2D eigenvalue weighted by molar-refractivity contribution is 7.52. The minimum atomic E-state index is -4.02. The van der Waals surface area contributed by atoms with Gasteiger partial charge in [0.25, 0.3) is 0 Å². The van der Waals surface area contributed by atoms with Gasteiger partial charge in [0.1, 0.15) is 24.6 Å². The van der Waals surface area contributed by atoms with Crippen molar-refractivity contribution in [3.05, 3.63) is 36.7 Å². The molecular formula is C26H35N6O8P. The molecule has 222 valence electrons. The first kappa shape index (κ1) is 29.2. The highest BCUT2D eigenvalue weighted by atomic mass is 31.2. The zero-order valence-corrected chi connectivity index (χ0v) is 23.7. The van der Waals surface area contributed by atoms with Gasteiger partial charge in [0, 0.05) is 12.5 Å². The normalized spacial score (nSPS) is 22.5. The molecule has 1 aromatic carbocycles. The van der Waals surface area contributed by atoms with Gasteiger partial charge in [-0.15, -0.1) is 0 Å². The van der Waals surface area contributed by atoms with E-state index in [2.05, 4.69) is 20.0 Å². The molecule has 1 saturated heterocycles. The number of para-hydroxylation sites is 1. The molecule has 4 unspecified atom stereocenters. The average Bonchev–Trinajstić information content (AvgIpc) is 3.72. The smallest absolute Gasteiger partial charge is 0.459 e. The summed E-state index contributed by atoms with van der Waals surface area (Å²) in [6, 6.07) is 8.55. The molecule has 41 heavy (non-hydrogen) atoms. The lowest BCUT2D eigenvalue weighted by atomic mass is 10.00. The molecule has 1 aliphatic carbocycles. The Morgan fingerprint density at radius 3 is 2.76 bits per heavy atom. The molecule has 0 amide bonds. The summed E-state index contributed by atoms with van der Waals surface area (Å²) in [6.07, 6.45) is 4.96. The molecular weight excluding hydrogens is 555 g/mol. The van der Waals surface area contributed by atoms with Gasteiger partial charge in [-0.05, 0) is 50.7 Å². The number of imidazole rings is 1. The Hall–Kier alpha value is -3.29. The van der Waals surface area contributed by atoms with Crippen molar-refractivity contribution in [1.29, 1.82) is 0 Å². The number of rotatable bonds is 13. The molecule has 1 saturated carbocycles. The molecule has 4 N–H and O–H groups in total. The van der Waals surface area contributed by atoms with Gasteiger partial charge in [-0.25, -0.2) is 14.6 Å². The first-order valence-corrected chi connectivity index (χ1v) is 15.2. The predicted molar refractivity (Wildman–Crippen MR) is 147 cm³/mol. The standard InChI is InChI=1S/C26H35N6O8P/c1-36-24-22-23(30-26(27)31-24)32(16-28-22)25-17(11-12-33)13-20(39-25)15-37-41(35,40-19-9-3-2-4-10-19)29-14-21(34)38-18-7-5-6-8-18/h2-4,9-10,16-18,20,25,33H,5-8,11-15H2,1H3,(H,29,35)(H2,27,30,31). The number of ether oxygens (including phenoxy) is 3. The van der Waals surface area contributed by atoms with Crippen LogP contribution in [0.4, 0.5) is 5.95 Å². The van der Waals surface area contributed by atoms with Gasteiger partial charge in [0.2, 0.25) is 11.8 Å². The molecule has 3 aromatic rings. The van der Waals surface area contributed by atoms with Crippen LogP contribution in [0.1, 0.15) is 44.8 Å². The fourth-order valence-electron chi connectivity index (χ4n) is 5.18. The van der Waals surface area contributed by atoms with Crippen LogP contribution in [0.3, 0.4) is 0 Å². The number of hydrogen-bond acceptors (Lipinski definition) is 12. The number of carbonyl (C=O) groups excluding carboxylic acids is 1. The van der Waals surface area contributed by atoms with Crippen LogP contribution in [-0.4, -0.2) is 69.7 Å². The minimum absolute atomic E-state index is 0.0178. The van der Waals surface area contributed by atoms with Crippen molar-refractivity contribution in [1.82, 2.24) is 24.6 Å². The number of esters is 1. The van der Waals surface area contributed by atoms with E-state index >= 15 is 0 Å². The second kappa shape index (κ2) is 13.1. The van der Waals surface area contributed by atoms with E-state index in [1.54, 1.807) is 41.2 Å². The van der Waals surface area contributed by atoms with Crippen molar-refractivity contribution in [3.8, 4) is 11.6 Å². The summed E-state index contributed by atoms with van der Waals surface area (Å²) in [7, 11) is -2.55. The summed E-state index contributed by atoms with van der Waals surface area (Å²) >= 11 is 0. The summed E-state index contributed by atoms with van der Waals surface area (Å²) in [4.78, 5) is 25.2. The number of hydrogen-bond donors (Lipinski definition) is 3. The number of nitrogens with one attached hydrogen (secondary N) is 1. The van der Waals surface area contributed by atoms with Crippen molar-refractivity contribution >= 4 is 30.8 Å². The van der Waals surface area contributed by atoms with Crippen molar-refractivity contribution in [2.75, 3.05) is 32.6 Å². The van der Waals surface area contributed by atoms with E-state index in [1.807, 2.05) is 0 Å². The molecule has 2 fully saturated rings. The second-order valence-corrected chi connectivity index (χ2v) is 11.8. The second-order valence-electron chi connectivity index (χ2n) is 10.0. The zero-order valence-electron chi connectivity index (χ0n) is 22.8. The number of nitrogens with two attached hydrogens (primary N) is 1. The maximum Gasteiger partial charge on any atom is 0.459 e. The van der Waals surface area contributed by atoms with E-state index in [-0.39, 0.29) is 43.6 Å². The van der Waals surface area contributed by atoms with E-state index in [4.69, 9.17) is 29.0 Å². The van der Waals surface area contributed by atoms with E-state index in [0.717, 1.165) is 25.7 Å².